The topological polar surface area (TPSA) is 38.3 Å². The Bertz CT molecular complexity index is 668. The van der Waals surface area contributed by atoms with E-state index in [2.05, 4.69) is 11.4 Å². The lowest BCUT2D eigenvalue weighted by molar-refractivity contribution is 0.0736. The Kier molecular flexibility index (Phi) is 4.26. The summed E-state index contributed by atoms with van der Waals surface area (Å²) in [5.41, 5.74) is 1.31. The Morgan fingerprint density at radius 2 is 1.81 bits per heavy atom. The predicted molar refractivity (Wildman–Crippen MR) is 86.6 cm³/mol. The van der Waals surface area contributed by atoms with Gasteiger partial charge in [0.1, 0.15) is 5.75 Å². The van der Waals surface area contributed by atoms with Gasteiger partial charge < -0.3 is 10.1 Å². The molecule has 0 saturated carbocycles. The van der Waals surface area contributed by atoms with Gasteiger partial charge >= 0.3 is 5.97 Å². The van der Waals surface area contributed by atoms with Crippen molar-refractivity contribution in [3.63, 3.8) is 0 Å². The van der Waals surface area contributed by atoms with Crippen molar-refractivity contribution >= 4 is 23.4 Å². The molecule has 0 amide bonds. The Balaban J connectivity index is 1.79. The standard InChI is InChI=1S/C17H15NO2S/c19-17(20-13-7-2-1-3-8-13)14-9-4-5-10-15(14)18-16-11-6-12-21-16/h1-5,7-11,18H,6,12H2. The number of anilines is 1. The highest BCUT2D eigenvalue weighted by Gasteiger charge is 2.15. The largest absolute Gasteiger partial charge is 0.423 e. The van der Waals surface area contributed by atoms with E-state index in [1.165, 1.54) is 0 Å². The van der Waals surface area contributed by atoms with Crippen LogP contribution in [-0.2, 0) is 0 Å². The number of benzene rings is 2. The van der Waals surface area contributed by atoms with Crippen LogP contribution < -0.4 is 10.1 Å². The fraction of sp³-hybridized carbons (Fsp3) is 0.118. The zero-order valence-electron chi connectivity index (χ0n) is 11.4. The van der Waals surface area contributed by atoms with Gasteiger partial charge in [-0.25, -0.2) is 4.79 Å². The van der Waals surface area contributed by atoms with Crippen LogP contribution in [0, 0.1) is 0 Å². The third kappa shape index (κ3) is 3.47. The van der Waals surface area contributed by atoms with Crippen LogP contribution in [0.5, 0.6) is 5.75 Å². The summed E-state index contributed by atoms with van der Waals surface area (Å²) in [5, 5.41) is 4.39. The lowest BCUT2D eigenvalue weighted by atomic mass is 10.2. The molecule has 1 aliphatic heterocycles. The SMILES string of the molecule is O=C(Oc1ccccc1)c1ccccc1NC1=CCCS1. The Morgan fingerprint density at radius 3 is 2.57 bits per heavy atom. The number of ether oxygens (including phenoxy) is 1. The van der Waals surface area contributed by atoms with Gasteiger partial charge in [0.15, 0.2) is 0 Å². The third-order valence-electron chi connectivity index (χ3n) is 3.06. The van der Waals surface area contributed by atoms with Crippen molar-refractivity contribution in [2.24, 2.45) is 0 Å². The lowest BCUT2D eigenvalue weighted by Crippen LogP contribution is -2.11. The zero-order valence-corrected chi connectivity index (χ0v) is 12.2. The normalized spacial score (nSPS) is 13.6. The summed E-state index contributed by atoms with van der Waals surface area (Å²) in [6.07, 6.45) is 3.20. The number of esters is 1. The molecule has 3 rings (SSSR count). The molecule has 0 spiro atoms. The minimum atomic E-state index is -0.354. The Labute approximate surface area is 128 Å². The van der Waals surface area contributed by atoms with Crippen LogP contribution in [0.15, 0.2) is 65.7 Å². The van der Waals surface area contributed by atoms with E-state index in [9.17, 15) is 4.79 Å². The van der Waals surface area contributed by atoms with E-state index in [1.807, 2.05) is 36.4 Å². The molecule has 21 heavy (non-hydrogen) atoms. The Morgan fingerprint density at radius 1 is 1.05 bits per heavy atom. The van der Waals surface area contributed by atoms with E-state index >= 15 is 0 Å². The van der Waals surface area contributed by atoms with Gasteiger partial charge in [0.25, 0.3) is 0 Å². The summed E-state index contributed by atoms with van der Waals surface area (Å²) < 4.78 is 5.40. The fourth-order valence-electron chi connectivity index (χ4n) is 2.06. The summed E-state index contributed by atoms with van der Waals surface area (Å²) in [6, 6.07) is 16.5. The first-order valence-electron chi connectivity index (χ1n) is 6.79. The van der Waals surface area contributed by atoms with E-state index < -0.39 is 0 Å². The average molecular weight is 297 g/mol. The fourth-order valence-corrected chi connectivity index (χ4v) is 2.93. The average Bonchev–Trinajstić information content (AvgIpc) is 3.02. The van der Waals surface area contributed by atoms with Gasteiger partial charge in [-0.2, -0.15) is 0 Å². The van der Waals surface area contributed by atoms with Crippen LogP contribution in [0.3, 0.4) is 0 Å². The number of thioether (sulfide) groups is 1. The molecule has 0 atom stereocenters. The maximum Gasteiger partial charge on any atom is 0.345 e. The molecule has 0 radical (unpaired) electrons. The second kappa shape index (κ2) is 6.50. The van der Waals surface area contributed by atoms with Crippen LogP contribution in [0.4, 0.5) is 5.69 Å². The molecule has 1 aliphatic rings. The number of para-hydroxylation sites is 2. The van der Waals surface area contributed by atoms with Crippen molar-refractivity contribution in [3.05, 3.63) is 71.3 Å². The van der Waals surface area contributed by atoms with Crippen LogP contribution >= 0.6 is 11.8 Å². The van der Waals surface area contributed by atoms with Gasteiger partial charge in [0, 0.05) is 5.75 Å². The van der Waals surface area contributed by atoms with E-state index in [1.54, 1.807) is 30.0 Å². The molecule has 0 aromatic heterocycles. The molecular formula is C17H15NO2S. The quantitative estimate of drug-likeness (QED) is 0.674. The predicted octanol–water partition coefficient (Wildman–Crippen LogP) is 4.30. The molecule has 1 N–H and O–H groups in total. The monoisotopic (exact) mass is 297 g/mol. The van der Waals surface area contributed by atoms with Crippen molar-refractivity contribution in [2.75, 3.05) is 11.1 Å². The molecular weight excluding hydrogens is 282 g/mol. The first kappa shape index (κ1) is 13.8. The molecule has 1 heterocycles. The van der Waals surface area contributed by atoms with Gasteiger partial charge in [0.05, 0.1) is 16.3 Å². The summed E-state index contributed by atoms with van der Waals surface area (Å²) in [6.45, 7) is 0. The summed E-state index contributed by atoms with van der Waals surface area (Å²) in [5.74, 6) is 1.28. The van der Waals surface area contributed by atoms with Crippen LogP contribution in [0.1, 0.15) is 16.8 Å². The molecule has 0 fully saturated rings. The highest BCUT2D eigenvalue weighted by atomic mass is 32.2. The van der Waals surface area contributed by atoms with E-state index in [-0.39, 0.29) is 5.97 Å². The number of hydrogen-bond acceptors (Lipinski definition) is 4. The lowest BCUT2D eigenvalue weighted by Gasteiger charge is -2.11. The molecule has 0 bridgehead atoms. The van der Waals surface area contributed by atoms with Crippen molar-refractivity contribution in [3.8, 4) is 5.75 Å². The second-order valence-electron chi connectivity index (χ2n) is 4.58. The summed E-state index contributed by atoms with van der Waals surface area (Å²) in [4.78, 5) is 12.3. The second-order valence-corrected chi connectivity index (χ2v) is 5.72. The number of nitrogens with one attached hydrogen (secondary N) is 1. The van der Waals surface area contributed by atoms with E-state index in [4.69, 9.17) is 4.74 Å². The number of carbonyl (C=O) groups excluding carboxylic acids is 1. The smallest absolute Gasteiger partial charge is 0.345 e. The minimum Gasteiger partial charge on any atom is -0.423 e. The molecule has 4 heteroatoms. The van der Waals surface area contributed by atoms with Crippen LogP contribution in [0.25, 0.3) is 0 Å². The highest BCUT2D eigenvalue weighted by molar-refractivity contribution is 8.03. The van der Waals surface area contributed by atoms with E-state index in [0.717, 1.165) is 22.9 Å². The number of allylic oxidation sites excluding steroid dienone is 1. The third-order valence-corrected chi connectivity index (χ3v) is 4.08. The van der Waals surface area contributed by atoms with E-state index in [0.29, 0.717) is 11.3 Å². The van der Waals surface area contributed by atoms with Gasteiger partial charge in [-0.1, -0.05) is 36.4 Å². The van der Waals surface area contributed by atoms with Gasteiger partial charge in [-0.05, 0) is 30.7 Å². The van der Waals surface area contributed by atoms with Crippen molar-refractivity contribution in [1.29, 1.82) is 0 Å². The maximum atomic E-state index is 12.3. The zero-order chi connectivity index (χ0) is 14.5. The van der Waals surface area contributed by atoms with Crippen LogP contribution in [-0.4, -0.2) is 11.7 Å². The van der Waals surface area contributed by atoms with Crippen LogP contribution in [0.2, 0.25) is 0 Å². The Hall–Kier alpha value is -2.20. The number of rotatable bonds is 4. The molecule has 0 saturated heterocycles. The molecule has 2 aromatic carbocycles. The summed E-state index contributed by atoms with van der Waals surface area (Å²) >= 11 is 1.76. The highest BCUT2D eigenvalue weighted by Crippen LogP contribution is 2.28. The number of carbonyl (C=O) groups is 1. The molecule has 0 aliphatic carbocycles. The van der Waals surface area contributed by atoms with Crippen molar-refractivity contribution in [2.45, 2.75) is 6.42 Å². The summed E-state index contributed by atoms with van der Waals surface area (Å²) in [7, 11) is 0. The first-order chi connectivity index (χ1) is 10.3. The van der Waals surface area contributed by atoms with Crippen molar-refractivity contribution < 1.29 is 9.53 Å². The van der Waals surface area contributed by atoms with Crippen molar-refractivity contribution in [1.82, 2.24) is 0 Å². The van der Waals surface area contributed by atoms with Gasteiger partial charge in [0.2, 0.25) is 0 Å². The first-order valence-corrected chi connectivity index (χ1v) is 7.78. The maximum absolute atomic E-state index is 12.3. The number of hydrogen-bond donors (Lipinski definition) is 1. The molecule has 2 aromatic rings. The molecule has 3 nitrogen and oxygen atoms in total. The van der Waals surface area contributed by atoms with Gasteiger partial charge in [-0.3, -0.25) is 0 Å². The molecule has 106 valence electrons. The minimum absolute atomic E-state index is 0.354. The van der Waals surface area contributed by atoms with Gasteiger partial charge in [-0.15, -0.1) is 11.8 Å². The molecule has 0 unspecified atom stereocenters.